The maximum absolute atomic E-state index is 13.2. The molecule has 0 saturated heterocycles. The Hall–Kier alpha value is -1.48. The minimum absolute atomic E-state index is 0.0627. The van der Waals surface area contributed by atoms with Crippen LogP contribution < -0.4 is 0 Å². The summed E-state index contributed by atoms with van der Waals surface area (Å²) in [6, 6.07) is 0. The highest BCUT2D eigenvalue weighted by molar-refractivity contribution is 7.53. The maximum Gasteiger partial charge on any atom is 0.336 e. The van der Waals surface area contributed by atoms with E-state index in [1.807, 2.05) is 0 Å². The van der Waals surface area contributed by atoms with Gasteiger partial charge < -0.3 is 9.47 Å². The molecule has 0 aromatic heterocycles. The van der Waals surface area contributed by atoms with Gasteiger partial charge in [0.15, 0.2) is 0 Å². The fraction of sp³-hybridized carbons (Fsp3) is 0.842. The summed E-state index contributed by atoms with van der Waals surface area (Å²) in [4.78, 5) is 35.2. The SMILES string of the molecule is CC(=O)N(O)CCCP(=O)(OC(C)OC(=O)C(C)(C)C)OC(C)OC(=O)C(C)(C)C. The highest BCUT2D eigenvalue weighted by Crippen LogP contribution is 2.51. The van der Waals surface area contributed by atoms with Crippen molar-refractivity contribution in [3.05, 3.63) is 0 Å². The molecule has 0 aromatic carbocycles. The third-order valence-corrected chi connectivity index (χ3v) is 5.65. The van der Waals surface area contributed by atoms with Crippen LogP contribution in [0.2, 0.25) is 0 Å². The Morgan fingerprint density at radius 2 is 1.27 bits per heavy atom. The molecule has 0 saturated carbocycles. The van der Waals surface area contributed by atoms with Crippen molar-refractivity contribution < 1.29 is 42.7 Å². The van der Waals surface area contributed by atoms with E-state index in [-0.39, 0.29) is 19.1 Å². The van der Waals surface area contributed by atoms with Crippen molar-refractivity contribution in [2.45, 2.75) is 81.3 Å². The van der Waals surface area contributed by atoms with Gasteiger partial charge >= 0.3 is 19.5 Å². The minimum atomic E-state index is -3.94. The maximum atomic E-state index is 13.2. The van der Waals surface area contributed by atoms with E-state index in [2.05, 4.69) is 0 Å². The van der Waals surface area contributed by atoms with Gasteiger partial charge in [-0.3, -0.25) is 33.2 Å². The number of rotatable bonds is 10. The van der Waals surface area contributed by atoms with Crippen LogP contribution in [0.5, 0.6) is 0 Å². The summed E-state index contributed by atoms with van der Waals surface area (Å²) in [7, 11) is -3.94. The fourth-order valence-electron chi connectivity index (χ4n) is 1.85. The lowest BCUT2D eigenvalue weighted by Crippen LogP contribution is -2.30. The zero-order chi connectivity index (χ0) is 23.9. The predicted molar refractivity (Wildman–Crippen MR) is 108 cm³/mol. The standard InChI is InChI=1S/C19H36NO9P/c1-13(21)20(24)11-10-12-30(25,28-14(2)26-16(22)18(4,5)6)29-15(3)27-17(23)19(7,8)9/h14-15,24H,10-12H2,1-9H3. The average Bonchev–Trinajstić information content (AvgIpc) is 2.51. The Morgan fingerprint density at radius 3 is 1.57 bits per heavy atom. The summed E-state index contributed by atoms with van der Waals surface area (Å²) in [5.41, 5.74) is -1.59. The third-order valence-electron chi connectivity index (χ3n) is 3.55. The van der Waals surface area contributed by atoms with Crippen LogP contribution in [0.25, 0.3) is 0 Å². The van der Waals surface area contributed by atoms with E-state index in [0.717, 1.165) is 0 Å². The lowest BCUT2D eigenvalue weighted by atomic mass is 9.97. The van der Waals surface area contributed by atoms with Gasteiger partial charge in [0.05, 0.1) is 17.0 Å². The molecule has 0 rings (SSSR count). The molecular weight excluding hydrogens is 417 g/mol. The Morgan fingerprint density at radius 1 is 0.900 bits per heavy atom. The Kier molecular flexibility index (Phi) is 10.7. The zero-order valence-electron chi connectivity index (χ0n) is 19.4. The first-order chi connectivity index (χ1) is 13.4. The first-order valence-electron chi connectivity index (χ1n) is 9.72. The second kappa shape index (κ2) is 11.2. The average molecular weight is 453 g/mol. The molecule has 2 unspecified atom stereocenters. The number of ether oxygens (including phenoxy) is 2. The Bertz CT molecular complexity index is 611. The summed E-state index contributed by atoms with van der Waals surface area (Å²) >= 11 is 0. The number of hydrogen-bond acceptors (Lipinski definition) is 9. The summed E-state index contributed by atoms with van der Waals surface area (Å²) in [5.74, 6) is -1.70. The van der Waals surface area contributed by atoms with E-state index in [9.17, 15) is 24.2 Å². The molecule has 0 aromatic rings. The molecular formula is C19H36NO9P. The van der Waals surface area contributed by atoms with Crippen LogP contribution in [0.4, 0.5) is 0 Å². The van der Waals surface area contributed by atoms with Crippen LogP contribution in [0.15, 0.2) is 0 Å². The molecule has 0 aliphatic rings. The van der Waals surface area contributed by atoms with Gasteiger partial charge in [-0.15, -0.1) is 0 Å². The lowest BCUT2D eigenvalue weighted by Gasteiger charge is -2.28. The van der Waals surface area contributed by atoms with Gasteiger partial charge in [-0.05, 0) is 61.8 Å². The number of carbonyl (C=O) groups is 3. The molecule has 0 bridgehead atoms. The zero-order valence-corrected chi connectivity index (χ0v) is 20.3. The molecule has 2 atom stereocenters. The molecule has 0 aliphatic carbocycles. The largest absolute Gasteiger partial charge is 0.435 e. The van der Waals surface area contributed by atoms with Crippen molar-refractivity contribution in [3.63, 3.8) is 0 Å². The number of carbonyl (C=O) groups excluding carboxylic acids is 3. The van der Waals surface area contributed by atoms with Crippen molar-refractivity contribution in [2.24, 2.45) is 10.8 Å². The Balaban J connectivity index is 5.24. The molecule has 30 heavy (non-hydrogen) atoms. The minimum Gasteiger partial charge on any atom is -0.435 e. The highest BCUT2D eigenvalue weighted by Gasteiger charge is 2.35. The monoisotopic (exact) mass is 453 g/mol. The summed E-state index contributed by atoms with van der Waals surface area (Å²) in [5, 5.41) is 9.95. The highest BCUT2D eigenvalue weighted by atomic mass is 31.2. The van der Waals surface area contributed by atoms with Crippen LogP contribution in [0, 0.1) is 10.8 Å². The van der Waals surface area contributed by atoms with Crippen LogP contribution in [0.3, 0.4) is 0 Å². The van der Waals surface area contributed by atoms with E-state index in [1.54, 1.807) is 41.5 Å². The molecule has 1 amide bonds. The smallest absolute Gasteiger partial charge is 0.336 e. The molecule has 1 N–H and O–H groups in total. The molecule has 11 heteroatoms. The lowest BCUT2D eigenvalue weighted by molar-refractivity contribution is -0.177. The molecule has 0 heterocycles. The van der Waals surface area contributed by atoms with Crippen molar-refractivity contribution >= 4 is 25.4 Å². The molecule has 0 spiro atoms. The van der Waals surface area contributed by atoms with Crippen molar-refractivity contribution in [3.8, 4) is 0 Å². The van der Waals surface area contributed by atoms with Crippen molar-refractivity contribution in [2.75, 3.05) is 12.7 Å². The van der Waals surface area contributed by atoms with Gasteiger partial charge in [0.25, 0.3) is 0 Å². The van der Waals surface area contributed by atoms with E-state index < -0.39 is 48.9 Å². The predicted octanol–water partition coefficient (Wildman–Crippen LogP) is 3.71. The summed E-state index contributed by atoms with van der Waals surface area (Å²) < 4.78 is 34.3. The van der Waals surface area contributed by atoms with Crippen molar-refractivity contribution in [1.82, 2.24) is 5.06 Å². The number of amides is 1. The van der Waals surface area contributed by atoms with Gasteiger partial charge in [0.1, 0.15) is 0 Å². The topological polar surface area (TPSA) is 129 Å². The van der Waals surface area contributed by atoms with E-state index in [4.69, 9.17) is 18.5 Å². The summed E-state index contributed by atoms with van der Waals surface area (Å²) in [6.45, 7) is 13.8. The summed E-state index contributed by atoms with van der Waals surface area (Å²) in [6.07, 6.45) is -2.56. The third kappa shape index (κ3) is 11.1. The van der Waals surface area contributed by atoms with E-state index >= 15 is 0 Å². The second-order valence-electron chi connectivity index (χ2n) is 8.99. The molecule has 0 aliphatic heterocycles. The molecule has 0 fully saturated rings. The van der Waals surface area contributed by atoms with Crippen LogP contribution >= 0.6 is 7.60 Å². The number of esters is 2. The van der Waals surface area contributed by atoms with Gasteiger partial charge in [-0.2, -0.15) is 0 Å². The van der Waals surface area contributed by atoms with E-state index in [1.165, 1.54) is 20.8 Å². The van der Waals surface area contributed by atoms with Gasteiger partial charge in [-0.25, -0.2) is 5.06 Å². The molecule has 176 valence electrons. The number of hydrogen-bond donors (Lipinski definition) is 1. The Labute approximate surface area is 178 Å². The van der Waals surface area contributed by atoms with Crippen LogP contribution in [0.1, 0.15) is 68.7 Å². The quantitative estimate of drug-likeness (QED) is 0.173. The molecule has 10 nitrogen and oxygen atoms in total. The second-order valence-corrected chi connectivity index (χ2v) is 11.1. The molecule has 0 radical (unpaired) electrons. The number of hydroxylamine groups is 2. The first kappa shape index (κ1) is 28.5. The van der Waals surface area contributed by atoms with Gasteiger partial charge in [0, 0.05) is 13.5 Å². The first-order valence-corrected chi connectivity index (χ1v) is 11.4. The van der Waals surface area contributed by atoms with Gasteiger partial charge in [-0.1, -0.05) is 0 Å². The normalized spacial score (nSPS) is 16.2. The fourth-order valence-corrected chi connectivity index (χ4v) is 3.63. The van der Waals surface area contributed by atoms with E-state index in [0.29, 0.717) is 5.06 Å². The number of nitrogens with zero attached hydrogens (tertiary/aromatic N) is 1. The van der Waals surface area contributed by atoms with Crippen LogP contribution in [-0.2, 0) is 37.5 Å². The van der Waals surface area contributed by atoms with Crippen molar-refractivity contribution in [1.29, 1.82) is 0 Å². The van der Waals surface area contributed by atoms with Crippen LogP contribution in [-0.4, -0.2) is 53.4 Å². The van der Waals surface area contributed by atoms with Gasteiger partial charge in [0.2, 0.25) is 18.5 Å².